The van der Waals surface area contributed by atoms with Crippen molar-refractivity contribution >= 4 is 57.0 Å². The molecule has 0 atom stereocenters. The van der Waals surface area contributed by atoms with Crippen molar-refractivity contribution in [1.29, 1.82) is 0 Å². The van der Waals surface area contributed by atoms with Crippen molar-refractivity contribution in [2.75, 3.05) is 0 Å². The summed E-state index contributed by atoms with van der Waals surface area (Å²) in [5, 5.41) is 4.55. The number of benzene rings is 6. The number of fused-ring (bicyclic) bond motifs is 6. The molecule has 0 aliphatic heterocycles. The monoisotopic (exact) mass is 630 g/mol. The van der Waals surface area contributed by atoms with Crippen LogP contribution in [0.3, 0.4) is 0 Å². The van der Waals surface area contributed by atoms with Gasteiger partial charge in [-0.05, 0) is 6.07 Å². The third kappa shape index (κ3) is 4.23. The number of nitrogens with zero attached hydrogens (tertiary/aromatic N) is 4. The Balaban J connectivity index is 1.19. The van der Waals surface area contributed by atoms with Gasteiger partial charge in [0.1, 0.15) is 5.58 Å². The van der Waals surface area contributed by atoms with E-state index in [1.807, 2.05) is 60.7 Å². The van der Waals surface area contributed by atoms with E-state index in [1.165, 1.54) is 19.8 Å². The minimum absolute atomic E-state index is 0.133. The fourth-order valence-electron chi connectivity index (χ4n) is 5.77. The van der Waals surface area contributed by atoms with Crippen molar-refractivity contribution in [1.82, 2.24) is 19.9 Å². The van der Waals surface area contributed by atoms with E-state index < -0.39 is 0 Å². The van der Waals surface area contributed by atoms with Crippen LogP contribution in [0.15, 0.2) is 138 Å². The minimum atomic E-state index is 0.133. The molecule has 5 nitrogen and oxygen atoms in total. The second kappa shape index (κ2) is 10.1. The summed E-state index contributed by atoms with van der Waals surface area (Å²) < 4.78 is 8.67. The van der Waals surface area contributed by atoms with Crippen LogP contribution >= 0.6 is 0 Å². The quantitative estimate of drug-likeness (QED) is 0.182. The Kier molecular flexibility index (Phi) is 5.76. The van der Waals surface area contributed by atoms with Gasteiger partial charge in [0, 0.05) is 5.39 Å². The molecule has 6 aromatic carbocycles. The van der Waals surface area contributed by atoms with Crippen LogP contribution in [0, 0.1) is 0 Å². The van der Waals surface area contributed by atoms with Crippen LogP contribution in [0.1, 0.15) is 0 Å². The van der Waals surface area contributed by atoms with Gasteiger partial charge in [-0.2, -0.15) is 0 Å². The topological polar surface area (TPSA) is 64.7 Å². The molecule has 0 radical (unpaired) electrons. The van der Waals surface area contributed by atoms with E-state index in [1.54, 1.807) is 0 Å². The van der Waals surface area contributed by atoms with Gasteiger partial charge in [-0.1, -0.05) is 18.2 Å². The number of aromatic nitrogens is 4. The summed E-state index contributed by atoms with van der Waals surface area (Å²) in [6.45, 7) is 0. The third-order valence-electron chi connectivity index (χ3n) is 7.95. The van der Waals surface area contributed by atoms with E-state index in [0.29, 0.717) is 17.5 Å². The van der Waals surface area contributed by atoms with Crippen molar-refractivity contribution in [2.24, 2.45) is 0 Å². The van der Waals surface area contributed by atoms with Crippen molar-refractivity contribution < 1.29 is 4.42 Å². The average molecular weight is 630 g/mol. The van der Waals surface area contributed by atoms with Gasteiger partial charge in [0.05, 0.1) is 0 Å². The van der Waals surface area contributed by atoms with Crippen LogP contribution in [0.25, 0.3) is 86.8 Å². The molecule has 44 heavy (non-hydrogen) atoms. The Morgan fingerprint density at radius 3 is 1.82 bits per heavy atom. The van der Waals surface area contributed by atoms with Crippen LogP contribution in [-0.2, 0) is 0 Å². The second-order valence-corrected chi connectivity index (χ2v) is 12.8. The molecule has 0 unspecified atom stereocenters. The Morgan fingerprint density at radius 2 is 1.05 bits per heavy atom. The molecule has 0 amide bonds. The van der Waals surface area contributed by atoms with Gasteiger partial charge in [-0.25, -0.2) is 0 Å². The molecule has 0 bridgehead atoms. The van der Waals surface area contributed by atoms with Gasteiger partial charge in [-0.15, -0.1) is 0 Å². The van der Waals surface area contributed by atoms with Gasteiger partial charge in [-0.3, -0.25) is 0 Å². The molecule has 0 aliphatic rings. The van der Waals surface area contributed by atoms with Gasteiger partial charge < -0.3 is 0 Å². The molecule has 0 fully saturated rings. The summed E-state index contributed by atoms with van der Waals surface area (Å²) >= 11 is 0.133. The van der Waals surface area contributed by atoms with Crippen LogP contribution in [0.4, 0.5) is 0 Å². The van der Waals surface area contributed by atoms with Crippen molar-refractivity contribution in [2.45, 2.75) is 0 Å². The second-order valence-electron chi connectivity index (χ2n) is 10.7. The molecule has 9 aromatic rings. The van der Waals surface area contributed by atoms with Crippen LogP contribution < -0.4 is 0 Å². The first-order chi connectivity index (χ1) is 21.8. The molecule has 0 aliphatic carbocycles. The van der Waals surface area contributed by atoms with Crippen molar-refractivity contribution in [3.63, 3.8) is 0 Å². The molecule has 206 valence electrons. The number of hydrogen-bond donors (Lipinski definition) is 0. The summed E-state index contributed by atoms with van der Waals surface area (Å²) in [7, 11) is 0. The van der Waals surface area contributed by atoms with Gasteiger partial charge in [0.25, 0.3) is 0 Å². The molecule has 6 heteroatoms. The summed E-state index contributed by atoms with van der Waals surface area (Å²) in [6, 6.07) is 45.6. The summed E-state index contributed by atoms with van der Waals surface area (Å²) in [4.78, 5) is 19.9. The molecule has 0 spiro atoms. The molecule has 3 heterocycles. The normalized spacial score (nSPS) is 11.6. The molecule has 0 saturated carbocycles. The van der Waals surface area contributed by atoms with Crippen LogP contribution in [-0.4, -0.2) is 34.4 Å². The SMILES string of the molecule is c1ccc(-c2nc(-c3ccc4c(ccc5nc(-c6ccccc6)[se]c54)c3)nc(-c3ccc4c(c3)oc3ccccc34)n2)cc1. The number of furan rings is 1. The van der Waals surface area contributed by atoms with Crippen LogP contribution in [0.2, 0.25) is 0 Å². The van der Waals surface area contributed by atoms with E-state index in [0.717, 1.165) is 49.5 Å². The zero-order valence-corrected chi connectivity index (χ0v) is 25.0. The van der Waals surface area contributed by atoms with E-state index in [9.17, 15) is 0 Å². The van der Waals surface area contributed by atoms with E-state index >= 15 is 0 Å². The standard InChI is InChI=1S/C38H22N4OSe/c1-3-9-23(10-4-1)35-40-36(42-37(41-35)27-16-19-30-29-13-7-8-14-32(29)43-33(30)22-27)26-15-18-28-25(21-26)17-20-31-34(28)44-38(39-31)24-11-5-2-6-12-24/h1-22H. The first-order valence-electron chi connectivity index (χ1n) is 14.4. The van der Waals surface area contributed by atoms with Crippen molar-refractivity contribution in [3.8, 4) is 44.3 Å². The molecular weight excluding hydrogens is 607 g/mol. The number of rotatable bonds is 4. The Morgan fingerprint density at radius 1 is 0.432 bits per heavy atom. The zero-order chi connectivity index (χ0) is 29.0. The first-order valence-corrected chi connectivity index (χ1v) is 16.1. The average Bonchev–Trinajstić information content (AvgIpc) is 3.70. The predicted octanol–water partition coefficient (Wildman–Crippen LogP) is 9.20. The summed E-state index contributed by atoms with van der Waals surface area (Å²) in [5.74, 6) is 1.87. The van der Waals surface area contributed by atoms with Gasteiger partial charge >= 0.3 is 224 Å². The van der Waals surface area contributed by atoms with Crippen LogP contribution in [0.5, 0.6) is 0 Å². The van der Waals surface area contributed by atoms with Gasteiger partial charge in [0.2, 0.25) is 0 Å². The van der Waals surface area contributed by atoms with Crippen molar-refractivity contribution in [3.05, 3.63) is 133 Å². The molecular formula is C38H22N4OSe. The fraction of sp³-hybridized carbons (Fsp3) is 0. The molecule has 0 N–H and O–H groups in total. The predicted molar refractivity (Wildman–Crippen MR) is 179 cm³/mol. The van der Waals surface area contributed by atoms with E-state index in [4.69, 9.17) is 24.4 Å². The summed E-state index contributed by atoms with van der Waals surface area (Å²) in [5.41, 5.74) is 6.70. The van der Waals surface area contributed by atoms with Gasteiger partial charge in [0.15, 0.2) is 0 Å². The first kappa shape index (κ1) is 25.1. The fourth-order valence-corrected chi connectivity index (χ4v) is 8.09. The summed E-state index contributed by atoms with van der Waals surface area (Å²) in [6.07, 6.45) is 0. The number of para-hydroxylation sites is 1. The maximum absolute atomic E-state index is 6.19. The maximum atomic E-state index is 6.19. The Bertz CT molecular complexity index is 2500. The molecule has 0 saturated heterocycles. The van der Waals surface area contributed by atoms with E-state index in [-0.39, 0.29) is 14.5 Å². The zero-order valence-electron chi connectivity index (χ0n) is 23.3. The molecule has 9 rings (SSSR count). The Hall–Kier alpha value is -5.42. The molecule has 3 aromatic heterocycles. The van der Waals surface area contributed by atoms with E-state index in [2.05, 4.69) is 72.8 Å². The number of hydrogen-bond acceptors (Lipinski definition) is 5. The third-order valence-corrected chi connectivity index (χ3v) is 10.4. The Labute approximate surface area is 258 Å².